The highest BCUT2D eigenvalue weighted by Gasteiger charge is 2.15. The van der Waals surface area contributed by atoms with E-state index in [1.807, 2.05) is 31.2 Å². The Morgan fingerprint density at radius 1 is 1.40 bits per heavy atom. The number of fused-ring (bicyclic) bond motifs is 1. The van der Waals surface area contributed by atoms with Crippen LogP contribution in [0.3, 0.4) is 0 Å². The van der Waals surface area contributed by atoms with Crippen molar-refractivity contribution in [3.63, 3.8) is 0 Å². The zero-order valence-corrected chi connectivity index (χ0v) is 5.79. The minimum Gasteiger partial charge on any atom is -0.469 e. The third kappa shape index (κ3) is 0.727. The second kappa shape index (κ2) is 1.90. The van der Waals surface area contributed by atoms with Crippen molar-refractivity contribution in [3.05, 3.63) is 24.3 Å². The van der Waals surface area contributed by atoms with Crippen molar-refractivity contribution in [2.24, 2.45) is 0 Å². The Bertz CT molecular complexity index is 222. The van der Waals surface area contributed by atoms with E-state index < -0.39 is 0 Å². The monoisotopic (exact) mass is 135 g/mol. The molecule has 0 aliphatic carbocycles. The van der Waals surface area contributed by atoms with Crippen LogP contribution in [0.4, 0.5) is 5.69 Å². The molecule has 10 heavy (non-hydrogen) atoms. The quantitative estimate of drug-likeness (QED) is 0.586. The number of nitrogens with one attached hydrogen (secondary N) is 1. The van der Waals surface area contributed by atoms with Gasteiger partial charge in [-0.25, -0.2) is 0 Å². The summed E-state index contributed by atoms with van der Waals surface area (Å²) in [6, 6.07) is 7.94. The summed E-state index contributed by atoms with van der Waals surface area (Å²) >= 11 is 0. The van der Waals surface area contributed by atoms with E-state index in [-0.39, 0.29) is 6.23 Å². The lowest BCUT2D eigenvalue weighted by Gasteiger charge is -2.00. The molecule has 0 saturated carbocycles. The van der Waals surface area contributed by atoms with Crippen LogP contribution in [0.5, 0.6) is 5.75 Å². The van der Waals surface area contributed by atoms with Gasteiger partial charge in [-0.05, 0) is 19.1 Å². The first-order valence-electron chi connectivity index (χ1n) is 3.38. The van der Waals surface area contributed by atoms with Crippen molar-refractivity contribution in [3.8, 4) is 5.75 Å². The van der Waals surface area contributed by atoms with E-state index >= 15 is 0 Å². The van der Waals surface area contributed by atoms with Crippen molar-refractivity contribution in [1.29, 1.82) is 0 Å². The van der Waals surface area contributed by atoms with Gasteiger partial charge in [-0.1, -0.05) is 12.1 Å². The molecule has 2 heteroatoms. The molecule has 1 aromatic carbocycles. The van der Waals surface area contributed by atoms with E-state index in [0.29, 0.717) is 0 Å². The molecule has 2 rings (SSSR count). The predicted octanol–water partition coefficient (Wildman–Crippen LogP) is 1.84. The largest absolute Gasteiger partial charge is 0.469 e. The van der Waals surface area contributed by atoms with Crippen molar-refractivity contribution in [1.82, 2.24) is 0 Å². The number of rotatable bonds is 0. The molecule has 52 valence electrons. The van der Waals surface area contributed by atoms with Crippen LogP contribution in [0.1, 0.15) is 6.92 Å². The molecule has 0 saturated heterocycles. The van der Waals surface area contributed by atoms with Crippen molar-refractivity contribution < 1.29 is 4.74 Å². The minimum atomic E-state index is 0.123. The van der Waals surface area contributed by atoms with Gasteiger partial charge in [0.15, 0.2) is 6.23 Å². The maximum Gasteiger partial charge on any atom is 0.167 e. The summed E-state index contributed by atoms with van der Waals surface area (Å²) in [5.74, 6) is 0.954. The fraction of sp³-hybridized carbons (Fsp3) is 0.250. The number of ether oxygens (including phenoxy) is 1. The minimum absolute atomic E-state index is 0.123. The van der Waals surface area contributed by atoms with Crippen LogP contribution < -0.4 is 10.1 Å². The maximum absolute atomic E-state index is 5.40. The zero-order valence-electron chi connectivity index (χ0n) is 5.79. The van der Waals surface area contributed by atoms with Gasteiger partial charge in [0, 0.05) is 0 Å². The fourth-order valence-electron chi connectivity index (χ4n) is 1.13. The van der Waals surface area contributed by atoms with E-state index in [4.69, 9.17) is 4.74 Å². The number of anilines is 1. The average molecular weight is 135 g/mol. The molecule has 2 nitrogen and oxygen atoms in total. The van der Waals surface area contributed by atoms with Crippen LogP contribution in [-0.4, -0.2) is 6.23 Å². The Kier molecular flexibility index (Phi) is 1.07. The number of para-hydroxylation sites is 2. The van der Waals surface area contributed by atoms with E-state index in [1.165, 1.54) is 0 Å². The number of hydrogen-bond donors (Lipinski definition) is 1. The van der Waals surface area contributed by atoms with Crippen molar-refractivity contribution in [2.45, 2.75) is 13.2 Å². The van der Waals surface area contributed by atoms with Crippen molar-refractivity contribution >= 4 is 5.69 Å². The second-order valence-electron chi connectivity index (χ2n) is 2.40. The summed E-state index contributed by atoms with van der Waals surface area (Å²) in [6.07, 6.45) is 0.123. The summed E-state index contributed by atoms with van der Waals surface area (Å²) in [6.45, 7) is 1.99. The topological polar surface area (TPSA) is 21.3 Å². The molecule has 0 radical (unpaired) electrons. The molecule has 0 fully saturated rings. The molecule has 1 heterocycles. The highest BCUT2D eigenvalue weighted by molar-refractivity contribution is 5.59. The van der Waals surface area contributed by atoms with Gasteiger partial charge in [-0.3, -0.25) is 0 Å². The molecule has 1 unspecified atom stereocenters. The van der Waals surface area contributed by atoms with Crippen LogP contribution in [0.25, 0.3) is 0 Å². The van der Waals surface area contributed by atoms with Gasteiger partial charge in [0.1, 0.15) is 5.75 Å². The van der Waals surface area contributed by atoms with Gasteiger partial charge >= 0.3 is 0 Å². The predicted molar refractivity (Wildman–Crippen MR) is 40.2 cm³/mol. The summed E-state index contributed by atoms with van der Waals surface area (Å²) in [5.41, 5.74) is 1.09. The number of hydrogen-bond acceptors (Lipinski definition) is 2. The number of benzene rings is 1. The van der Waals surface area contributed by atoms with Crippen molar-refractivity contribution in [2.75, 3.05) is 5.32 Å². The van der Waals surface area contributed by atoms with Gasteiger partial charge in [-0.15, -0.1) is 0 Å². The first-order valence-corrected chi connectivity index (χ1v) is 3.38. The summed E-state index contributed by atoms with van der Waals surface area (Å²) in [4.78, 5) is 0. The fourth-order valence-corrected chi connectivity index (χ4v) is 1.13. The first-order chi connectivity index (χ1) is 4.86. The molecule has 1 aliphatic rings. The zero-order chi connectivity index (χ0) is 6.97. The molecule has 1 atom stereocenters. The third-order valence-electron chi connectivity index (χ3n) is 1.55. The van der Waals surface area contributed by atoms with Gasteiger partial charge in [-0.2, -0.15) is 0 Å². The molecular weight excluding hydrogens is 126 g/mol. The first kappa shape index (κ1) is 5.59. The van der Waals surface area contributed by atoms with E-state index in [0.717, 1.165) is 11.4 Å². The van der Waals surface area contributed by atoms with Gasteiger partial charge in [0.2, 0.25) is 0 Å². The molecule has 1 aromatic rings. The molecule has 0 amide bonds. The lowest BCUT2D eigenvalue weighted by Crippen LogP contribution is -2.13. The highest BCUT2D eigenvalue weighted by atomic mass is 16.5. The standard InChI is InChI=1S/C8H9NO/c1-6-9-7-4-2-3-5-8(7)10-6/h2-6,9H,1H3. The molecule has 1 N–H and O–H groups in total. The normalized spacial score (nSPS) is 21.1. The van der Waals surface area contributed by atoms with E-state index in [2.05, 4.69) is 5.32 Å². The molecular formula is C8H9NO. The molecule has 1 aliphatic heterocycles. The Morgan fingerprint density at radius 2 is 2.20 bits per heavy atom. The maximum atomic E-state index is 5.40. The summed E-state index contributed by atoms with van der Waals surface area (Å²) in [7, 11) is 0. The Morgan fingerprint density at radius 3 is 3.00 bits per heavy atom. The van der Waals surface area contributed by atoms with Gasteiger partial charge in [0.25, 0.3) is 0 Å². The summed E-state index contributed by atoms with van der Waals surface area (Å²) < 4.78 is 5.40. The molecule has 0 bridgehead atoms. The second-order valence-corrected chi connectivity index (χ2v) is 2.40. The lowest BCUT2D eigenvalue weighted by molar-refractivity contribution is 0.275. The van der Waals surface area contributed by atoms with Gasteiger partial charge < -0.3 is 10.1 Å². The average Bonchev–Trinajstić information content (AvgIpc) is 2.27. The van der Waals surface area contributed by atoms with Crippen LogP contribution in [0, 0.1) is 0 Å². The summed E-state index contributed by atoms with van der Waals surface area (Å²) in [5, 5.41) is 3.18. The Balaban J connectivity index is 2.42. The Hall–Kier alpha value is -1.18. The van der Waals surface area contributed by atoms with Crippen LogP contribution in [0.15, 0.2) is 24.3 Å². The highest BCUT2D eigenvalue weighted by Crippen LogP contribution is 2.30. The molecule has 0 aromatic heterocycles. The smallest absolute Gasteiger partial charge is 0.167 e. The lowest BCUT2D eigenvalue weighted by atomic mass is 10.3. The van der Waals surface area contributed by atoms with E-state index in [1.54, 1.807) is 0 Å². The van der Waals surface area contributed by atoms with Gasteiger partial charge in [0.05, 0.1) is 5.69 Å². The van der Waals surface area contributed by atoms with Crippen LogP contribution >= 0.6 is 0 Å². The van der Waals surface area contributed by atoms with Crippen LogP contribution in [-0.2, 0) is 0 Å². The molecule has 0 spiro atoms. The third-order valence-corrected chi connectivity index (χ3v) is 1.55. The van der Waals surface area contributed by atoms with E-state index in [9.17, 15) is 0 Å². The Labute approximate surface area is 59.8 Å². The SMILES string of the molecule is CC1Nc2ccccc2O1. The van der Waals surface area contributed by atoms with Crippen LogP contribution in [0.2, 0.25) is 0 Å².